The number of aromatic nitrogens is 4. The number of fused-ring (bicyclic) bond motifs is 1. The largest absolute Gasteiger partial charge is 0.464 e. The third-order valence-corrected chi connectivity index (χ3v) is 7.42. The SMILES string of the molecule is O=c1[nH]c(CSc2nnc(NCC3CCCO3)s2)nc2scc(-c3ccco3)c12. The number of hydrogen-bond acceptors (Lipinski definition) is 10. The molecular weight excluding hydrogens is 430 g/mol. The summed E-state index contributed by atoms with van der Waals surface area (Å²) >= 11 is 4.43. The van der Waals surface area contributed by atoms with Crippen LogP contribution in [-0.4, -0.2) is 39.4 Å². The fraction of sp³-hybridized carbons (Fsp3) is 0.333. The summed E-state index contributed by atoms with van der Waals surface area (Å²) in [5.41, 5.74) is 0.614. The van der Waals surface area contributed by atoms with Crippen molar-refractivity contribution in [1.29, 1.82) is 0 Å². The van der Waals surface area contributed by atoms with Gasteiger partial charge in [0.1, 0.15) is 16.4 Å². The number of hydrogen-bond donors (Lipinski definition) is 2. The minimum atomic E-state index is -0.158. The van der Waals surface area contributed by atoms with Crippen LogP contribution >= 0.6 is 34.4 Å². The second-order valence-electron chi connectivity index (χ2n) is 6.50. The molecule has 1 fully saturated rings. The molecule has 8 nitrogen and oxygen atoms in total. The molecule has 1 saturated heterocycles. The summed E-state index contributed by atoms with van der Waals surface area (Å²) < 4.78 is 11.8. The summed E-state index contributed by atoms with van der Waals surface area (Å²) in [5.74, 6) is 1.80. The molecule has 5 rings (SSSR count). The Morgan fingerprint density at radius 2 is 2.34 bits per heavy atom. The fourth-order valence-electron chi connectivity index (χ4n) is 3.15. The Hall–Kier alpha value is -2.21. The number of nitrogens with zero attached hydrogens (tertiary/aromatic N) is 3. The zero-order valence-electron chi connectivity index (χ0n) is 15.2. The van der Waals surface area contributed by atoms with Crippen molar-refractivity contribution in [2.75, 3.05) is 18.5 Å². The molecule has 0 aromatic carbocycles. The minimum Gasteiger partial charge on any atom is -0.464 e. The molecule has 2 N–H and O–H groups in total. The van der Waals surface area contributed by atoms with E-state index in [0.29, 0.717) is 27.6 Å². The molecule has 0 spiro atoms. The second kappa shape index (κ2) is 8.27. The van der Waals surface area contributed by atoms with Crippen molar-refractivity contribution in [3.05, 3.63) is 40.0 Å². The van der Waals surface area contributed by atoms with Gasteiger partial charge in [-0.15, -0.1) is 21.5 Å². The summed E-state index contributed by atoms with van der Waals surface area (Å²) in [4.78, 5) is 20.8. The molecule has 0 amide bonds. The van der Waals surface area contributed by atoms with Crippen LogP contribution in [0.2, 0.25) is 0 Å². The van der Waals surface area contributed by atoms with Crippen LogP contribution < -0.4 is 10.9 Å². The first-order chi connectivity index (χ1) is 14.3. The lowest BCUT2D eigenvalue weighted by Gasteiger charge is -2.08. The standard InChI is InChI=1S/C18H17N5O3S3/c24-15-14-11(12-4-2-6-26-12)8-27-16(14)21-13(20-15)9-28-18-23-22-17(29-18)19-7-10-3-1-5-25-10/h2,4,6,8,10H,1,3,5,7,9H2,(H,19,22)(H,20,21,24). The predicted molar refractivity (Wildman–Crippen MR) is 115 cm³/mol. The highest BCUT2D eigenvalue weighted by molar-refractivity contribution is 8.00. The predicted octanol–water partition coefficient (Wildman–Crippen LogP) is 3.98. The average molecular weight is 448 g/mol. The molecule has 0 saturated carbocycles. The van der Waals surface area contributed by atoms with E-state index in [-0.39, 0.29) is 11.7 Å². The highest BCUT2D eigenvalue weighted by Crippen LogP contribution is 2.32. The highest BCUT2D eigenvalue weighted by atomic mass is 32.2. The summed E-state index contributed by atoms with van der Waals surface area (Å²) in [6.45, 7) is 1.59. The number of thiophene rings is 1. The summed E-state index contributed by atoms with van der Waals surface area (Å²) in [5, 5.41) is 14.9. The van der Waals surface area contributed by atoms with E-state index in [1.807, 2.05) is 11.4 Å². The lowest BCUT2D eigenvalue weighted by atomic mass is 10.2. The normalized spacial score (nSPS) is 16.6. The van der Waals surface area contributed by atoms with Gasteiger partial charge in [0.2, 0.25) is 5.13 Å². The number of rotatable bonds is 7. The van der Waals surface area contributed by atoms with Crippen molar-refractivity contribution in [2.24, 2.45) is 0 Å². The molecule has 4 aromatic rings. The monoisotopic (exact) mass is 447 g/mol. The quantitative estimate of drug-likeness (QED) is 0.410. The van der Waals surface area contributed by atoms with Gasteiger partial charge < -0.3 is 19.5 Å². The Labute approximate surface area is 177 Å². The lowest BCUT2D eigenvalue weighted by molar-refractivity contribution is 0.120. The molecule has 29 heavy (non-hydrogen) atoms. The van der Waals surface area contributed by atoms with E-state index in [1.54, 1.807) is 12.3 Å². The molecule has 0 radical (unpaired) electrons. The number of aromatic amines is 1. The molecule has 1 atom stereocenters. The van der Waals surface area contributed by atoms with Crippen molar-refractivity contribution >= 4 is 49.8 Å². The number of ether oxygens (including phenoxy) is 1. The maximum absolute atomic E-state index is 12.6. The Balaban J connectivity index is 1.26. The minimum absolute atomic E-state index is 0.158. The zero-order chi connectivity index (χ0) is 19.6. The van der Waals surface area contributed by atoms with Gasteiger partial charge in [-0.2, -0.15) is 0 Å². The van der Waals surface area contributed by atoms with Crippen LogP contribution in [-0.2, 0) is 10.5 Å². The third kappa shape index (κ3) is 4.08. The Morgan fingerprint density at radius 1 is 1.38 bits per heavy atom. The van der Waals surface area contributed by atoms with Gasteiger partial charge in [-0.25, -0.2) is 4.98 Å². The number of thioether (sulfide) groups is 1. The maximum atomic E-state index is 12.6. The van der Waals surface area contributed by atoms with Crippen molar-refractivity contribution in [3.63, 3.8) is 0 Å². The van der Waals surface area contributed by atoms with E-state index in [1.165, 1.54) is 34.4 Å². The lowest BCUT2D eigenvalue weighted by Crippen LogP contribution is -2.18. The van der Waals surface area contributed by atoms with E-state index in [2.05, 4.69) is 25.5 Å². The topological polar surface area (TPSA) is 106 Å². The summed E-state index contributed by atoms with van der Waals surface area (Å²) in [7, 11) is 0. The number of furan rings is 1. The van der Waals surface area contributed by atoms with E-state index in [9.17, 15) is 4.79 Å². The van der Waals surface area contributed by atoms with Gasteiger partial charge in [-0.3, -0.25) is 4.79 Å². The molecule has 1 unspecified atom stereocenters. The molecule has 1 aliphatic rings. The Bertz CT molecular complexity index is 1160. The molecule has 150 valence electrons. The first-order valence-electron chi connectivity index (χ1n) is 9.12. The van der Waals surface area contributed by atoms with Gasteiger partial charge in [-0.1, -0.05) is 23.1 Å². The van der Waals surface area contributed by atoms with Crippen molar-refractivity contribution < 1.29 is 9.15 Å². The van der Waals surface area contributed by atoms with Gasteiger partial charge in [0.15, 0.2) is 4.34 Å². The Kier molecular flexibility index (Phi) is 5.36. The Morgan fingerprint density at radius 3 is 3.17 bits per heavy atom. The maximum Gasteiger partial charge on any atom is 0.260 e. The zero-order valence-corrected chi connectivity index (χ0v) is 17.7. The van der Waals surface area contributed by atoms with Crippen LogP contribution in [0.5, 0.6) is 0 Å². The van der Waals surface area contributed by atoms with Crippen LogP contribution in [0.15, 0.2) is 37.3 Å². The molecule has 11 heteroatoms. The van der Waals surface area contributed by atoms with Crippen LogP contribution in [0, 0.1) is 0 Å². The van der Waals surface area contributed by atoms with Crippen molar-refractivity contribution in [1.82, 2.24) is 20.2 Å². The third-order valence-electron chi connectivity index (χ3n) is 4.52. The van der Waals surface area contributed by atoms with Crippen molar-refractivity contribution in [3.8, 4) is 11.3 Å². The van der Waals surface area contributed by atoms with E-state index in [4.69, 9.17) is 9.15 Å². The van der Waals surface area contributed by atoms with Gasteiger partial charge in [0, 0.05) is 24.1 Å². The smallest absolute Gasteiger partial charge is 0.260 e. The number of nitrogens with one attached hydrogen (secondary N) is 2. The van der Waals surface area contributed by atoms with Gasteiger partial charge >= 0.3 is 0 Å². The summed E-state index contributed by atoms with van der Waals surface area (Å²) in [6, 6.07) is 3.64. The first kappa shape index (κ1) is 18.8. The van der Waals surface area contributed by atoms with Crippen molar-refractivity contribution in [2.45, 2.75) is 29.0 Å². The van der Waals surface area contributed by atoms with E-state index >= 15 is 0 Å². The highest BCUT2D eigenvalue weighted by Gasteiger charge is 2.17. The molecule has 1 aliphatic heterocycles. The first-order valence-corrected chi connectivity index (χ1v) is 11.8. The molecule has 5 heterocycles. The van der Waals surface area contributed by atoms with Gasteiger partial charge in [-0.05, 0) is 25.0 Å². The number of H-pyrrole nitrogens is 1. The fourth-order valence-corrected chi connectivity index (χ4v) is 5.73. The average Bonchev–Trinajstić information content (AvgIpc) is 3.52. The second-order valence-corrected chi connectivity index (χ2v) is 9.56. The summed E-state index contributed by atoms with van der Waals surface area (Å²) in [6.07, 6.45) is 4.05. The van der Waals surface area contributed by atoms with Crippen LogP contribution in [0.1, 0.15) is 18.7 Å². The molecule has 4 aromatic heterocycles. The van der Waals surface area contributed by atoms with Gasteiger partial charge in [0.25, 0.3) is 5.56 Å². The molecular formula is C18H17N5O3S3. The van der Waals surface area contributed by atoms with E-state index in [0.717, 1.165) is 41.0 Å². The molecule has 0 aliphatic carbocycles. The molecule has 0 bridgehead atoms. The van der Waals surface area contributed by atoms with Crippen LogP contribution in [0.3, 0.4) is 0 Å². The van der Waals surface area contributed by atoms with E-state index < -0.39 is 0 Å². The van der Waals surface area contributed by atoms with Gasteiger partial charge in [0.05, 0.1) is 23.5 Å². The number of anilines is 1. The van der Waals surface area contributed by atoms with Crippen LogP contribution in [0.4, 0.5) is 5.13 Å². The van der Waals surface area contributed by atoms with Crippen LogP contribution in [0.25, 0.3) is 21.5 Å².